The van der Waals surface area contributed by atoms with Gasteiger partial charge in [-0.05, 0) is 36.6 Å². The first-order chi connectivity index (χ1) is 12.1. The van der Waals surface area contributed by atoms with Gasteiger partial charge in [0.25, 0.3) is 0 Å². The molecule has 1 aliphatic carbocycles. The van der Waals surface area contributed by atoms with E-state index in [1.54, 1.807) is 0 Å². The van der Waals surface area contributed by atoms with Crippen molar-refractivity contribution in [1.82, 2.24) is 9.88 Å². The second-order valence-electron chi connectivity index (χ2n) is 7.37. The highest BCUT2D eigenvalue weighted by Crippen LogP contribution is 2.52. The van der Waals surface area contributed by atoms with Gasteiger partial charge in [-0.3, -0.25) is 4.79 Å². The SMILES string of the molecule is O=C(N1CCC2(CC1)OCCO2)C1(c2c[nH]c3ccc(Cl)cc23)CC1. The molecule has 3 aliphatic rings. The van der Waals surface area contributed by atoms with Gasteiger partial charge in [0.1, 0.15) is 0 Å². The molecule has 1 amide bonds. The Morgan fingerprint density at radius 2 is 1.84 bits per heavy atom. The third-order valence-electron chi connectivity index (χ3n) is 5.94. The van der Waals surface area contributed by atoms with E-state index in [0.717, 1.165) is 42.1 Å². The van der Waals surface area contributed by atoms with Gasteiger partial charge >= 0.3 is 0 Å². The summed E-state index contributed by atoms with van der Waals surface area (Å²) in [5.74, 6) is -0.205. The highest BCUT2D eigenvalue weighted by atomic mass is 35.5. The number of hydrogen-bond donors (Lipinski definition) is 1. The minimum atomic E-state index is -0.443. The summed E-state index contributed by atoms with van der Waals surface area (Å²) in [6.07, 6.45) is 5.31. The van der Waals surface area contributed by atoms with Crippen LogP contribution in [0.2, 0.25) is 5.02 Å². The van der Waals surface area contributed by atoms with Gasteiger partial charge in [0.05, 0.1) is 18.6 Å². The van der Waals surface area contributed by atoms with E-state index in [-0.39, 0.29) is 11.3 Å². The lowest BCUT2D eigenvalue weighted by Crippen LogP contribution is -2.50. The van der Waals surface area contributed by atoms with Gasteiger partial charge in [-0.1, -0.05) is 11.6 Å². The fraction of sp³-hybridized carbons (Fsp3) is 0.526. The van der Waals surface area contributed by atoms with Crippen molar-refractivity contribution in [3.63, 3.8) is 0 Å². The van der Waals surface area contributed by atoms with Gasteiger partial charge < -0.3 is 19.4 Å². The van der Waals surface area contributed by atoms with Crippen LogP contribution in [-0.2, 0) is 19.7 Å². The average Bonchev–Trinajstić information content (AvgIpc) is 3.12. The van der Waals surface area contributed by atoms with E-state index in [9.17, 15) is 4.79 Å². The third kappa shape index (κ3) is 2.40. The molecule has 1 N–H and O–H groups in total. The van der Waals surface area contributed by atoms with Gasteiger partial charge in [-0.25, -0.2) is 0 Å². The summed E-state index contributed by atoms with van der Waals surface area (Å²) >= 11 is 6.18. The van der Waals surface area contributed by atoms with Crippen LogP contribution in [0.1, 0.15) is 31.2 Å². The van der Waals surface area contributed by atoms with Crippen molar-refractivity contribution in [2.24, 2.45) is 0 Å². The van der Waals surface area contributed by atoms with E-state index in [1.807, 2.05) is 29.3 Å². The van der Waals surface area contributed by atoms with Crippen molar-refractivity contribution < 1.29 is 14.3 Å². The Morgan fingerprint density at radius 1 is 1.12 bits per heavy atom. The number of amides is 1. The molecule has 1 spiro atoms. The van der Waals surface area contributed by atoms with E-state index in [4.69, 9.17) is 21.1 Å². The number of rotatable bonds is 2. The summed E-state index contributed by atoms with van der Waals surface area (Å²) in [6, 6.07) is 5.81. The number of hydrogen-bond acceptors (Lipinski definition) is 3. The predicted octanol–water partition coefficient (Wildman–Crippen LogP) is 3.22. The Labute approximate surface area is 151 Å². The first-order valence-corrected chi connectivity index (χ1v) is 9.34. The smallest absolute Gasteiger partial charge is 0.233 e. The fourth-order valence-electron chi connectivity index (χ4n) is 4.35. The van der Waals surface area contributed by atoms with Crippen LogP contribution in [0.15, 0.2) is 24.4 Å². The zero-order chi connectivity index (χ0) is 17.1. The molecule has 132 valence electrons. The largest absolute Gasteiger partial charge is 0.361 e. The normalized spacial score (nSPS) is 24.1. The van der Waals surface area contributed by atoms with Gasteiger partial charge in [-0.2, -0.15) is 0 Å². The average molecular weight is 361 g/mol. The highest BCUT2D eigenvalue weighted by Gasteiger charge is 2.55. The molecule has 1 aromatic heterocycles. The number of aromatic nitrogens is 1. The molecule has 5 rings (SSSR count). The predicted molar refractivity (Wildman–Crippen MR) is 94.7 cm³/mol. The number of fused-ring (bicyclic) bond motifs is 1. The Balaban J connectivity index is 1.40. The monoisotopic (exact) mass is 360 g/mol. The summed E-state index contributed by atoms with van der Waals surface area (Å²) in [5, 5.41) is 1.77. The Hall–Kier alpha value is -1.56. The van der Waals surface area contributed by atoms with Crippen LogP contribution in [0.3, 0.4) is 0 Å². The van der Waals surface area contributed by atoms with E-state index >= 15 is 0 Å². The van der Waals surface area contributed by atoms with E-state index in [0.29, 0.717) is 31.3 Å². The topological polar surface area (TPSA) is 54.6 Å². The molecular formula is C19H21ClN2O3. The van der Waals surface area contributed by atoms with Crippen molar-refractivity contribution in [2.75, 3.05) is 26.3 Å². The third-order valence-corrected chi connectivity index (χ3v) is 6.18. The second-order valence-corrected chi connectivity index (χ2v) is 7.81. The van der Waals surface area contributed by atoms with Crippen molar-refractivity contribution in [3.05, 3.63) is 35.0 Å². The van der Waals surface area contributed by atoms with Gasteiger partial charge in [0.15, 0.2) is 5.79 Å². The maximum absolute atomic E-state index is 13.3. The van der Waals surface area contributed by atoms with E-state index in [2.05, 4.69) is 4.98 Å². The maximum atomic E-state index is 13.3. The van der Waals surface area contributed by atoms with Crippen LogP contribution >= 0.6 is 11.6 Å². The molecule has 2 aromatic rings. The molecule has 3 heterocycles. The Morgan fingerprint density at radius 3 is 2.52 bits per heavy atom. The van der Waals surface area contributed by atoms with Crippen LogP contribution in [0.4, 0.5) is 0 Å². The molecule has 0 atom stereocenters. The standard InChI is InChI=1S/C19H21ClN2O3/c20-13-1-2-16-14(11-13)15(12-21-16)18(3-4-18)17(23)22-7-5-19(6-8-22)24-9-10-25-19/h1-2,11-12,21H,3-10H2. The zero-order valence-electron chi connectivity index (χ0n) is 14.0. The molecule has 5 nitrogen and oxygen atoms in total. The summed E-state index contributed by atoms with van der Waals surface area (Å²) in [6.45, 7) is 2.72. The minimum absolute atomic E-state index is 0.237. The molecule has 6 heteroatoms. The highest BCUT2D eigenvalue weighted by molar-refractivity contribution is 6.31. The van der Waals surface area contributed by atoms with Crippen LogP contribution in [-0.4, -0.2) is 47.9 Å². The van der Waals surface area contributed by atoms with Crippen molar-refractivity contribution >= 4 is 28.4 Å². The molecule has 25 heavy (non-hydrogen) atoms. The van der Waals surface area contributed by atoms with E-state index in [1.165, 1.54) is 0 Å². The van der Waals surface area contributed by atoms with Gasteiger partial charge in [0.2, 0.25) is 5.91 Å². The van der Waals surface area contributed by atoms with Gasteiger partial charge in [-0.15, -0.1) is 0 Å². The van der Waals surface area contributed by atoms with Crippen molar-refractivity contribution in [3.8, 4) is 0 Å². The number of ether oxygens (including phenoxy) is 2. The Bertz CT molecular complexity index is 826. The molecule has 2 saturated heterocycles. The lowest BCUT2D eigenvalue weighted by atomic mass is 9.92. The summed E-state index contributed by atoms with van der Waals surface area (Å²) in [5.41, 5.74) is 1.73. The summed E-state index contributed by atoms with van der Waals surface area (Å²) in [4.78, 5) is 18.6. The quantitative estimate of drug-likeness (QED) is 0.894. The number of benzene rings is 1. The molecule has 0 radical (unpaired) electrons. The summed E-state index contributed by atoms with van der Waals surface area (Å²) < 4.78 is 11.5. The molecule has 0 unspecified atom stereocenters. The number of nitrogens with zero attached hydrogens (tertiary/aromatic N) is 1. The number of halogens is 1. The number of H-pyrrole nitrogens is 1. The molecule has 0 bridgehead atoms. The molecule has 3 fully saturated rings. The molecule has 1 aromatic carbocycles. The number of carbonyl (C=O) groups excluding carboxylic acids is 1. The summed E-state index contributed by atoms with van der Waals surface area (Å²) in [7, 11) is 0. The minimum Gasteiger partial charge on any atom is -0.361 e. The number of nitrogens with one attached hydrogen (secondary N) is 1. The van der Waals surface area contributed by atoms with E-state index < -0.39 is 5.79 Å². The van der Waals surface area contributed by atoms with Crippen molar-refractivity contribution in [2.45, 2.75) is 36.9 Å². The van der Waals surface area contributed by atoms with Crippen LogP contribution in [0, 0.1) is 0 Å². The number of likely N-dealkylation sites (tertiary alicyclic amines) is 1. The van der Waals surface area contributed by atoms with Crippen LogP contribution in [0.5, 0.6) is 0 Å². The first kappa shape index (κ1) is 15.7. The number of aromatic amines is 1. The van der Waals surface area contributed by atoms with Crippen molar-refractivity contribution in [1.29, 1.82) is 0 Å². The van der Waals surface area contributed by atoms with Crippen LogP contribution in [0.25, 0.3) is 10.9 Å². The molecular weight excluding hydrogens is 340 g/mol. The zero-order valence-corrected chi connectivity index (χ0v) is 14.8. The maximum Gasteiger partial charge on any atom is 0.233 e. The number of carbonyl (C=O) groups is 1. The fourth-order valence-corrected chi connectivity index (χ4v) is 4.52. The molecule has 2 aliphatic heterocycles. The van der Waals surface area contributed by atoms with Crippen LogP contribution < -0.4 is 0 Å². The lowest BCUT2D eigenvalue weighted by Gasteiger charge is -2.39. The Kier molecular flexibility index (Phi) is 3.43. The molecule has 1 saturated carbocycles. The first-order valence-electron chi connectivity index (χ1n) is 8.96. The number of piperidine rings is 1. The van der Waals surface area contributed by atoms with Gasteiger partial charge in [0, 0.05) is 48.1 Å². The second kappa shape index (κ2) is 5.47. The lowest BCUT2D eigenvalue weighted by molar-refractivity contribution is -0.188.